The van der Waals surface area contributed by atoms with Crippen LogP contribution in [0.1, 0.15) is 13.3 Å². The molecule has 7 N–H and O–H groups in total. The van der Waals surface area contributed by atoms with Gasteiger partial charge < -0.3 is 50.0 Å². The third-order valence-corrected chi connectivity index (χ3v) is 8.09. The lowest BCUT2D eigenvalue weighted by Gasteiger charge is -2.45. The highest BCUT2D eigenvalue weighted by Gasteiger charge is 2.81. The molecule has 30 heavy (non-hydrogen) atoms. The van der Waals surface area contributed by atoms with E-state index < -0.39 is 61.2 Å². The van der Waals surface area contributed by atoms with E-state index in [0.29, 0.717) is 0 Å². The lowest BCUT2D eigenvalue weighted by Crippen LogP contribution is -2.59. The predicted molar refractivity (Wildman–Crippen MR) is 97.4 cm³/mol. The first-order valence-corrected chi connectivity index (χ1v) is 10.6. The molecular formula is C20H30O10. The maximum absolute atomic E-state index is 11.1. The van der Waals surface area contributed by atoms with Crippen LogP contribution >= 0.6 is 0 Å². The molecule has 10 nitrogen and oxygen atoms in total. The molecule has 0 radical (unpaired) electrons. The van der Waals surface area contributed by atoms with Crippen LogP contribution in [0.2, 0.25) is 0 Å². The number of aliphatic hydroxyl groups is 7. The van der Waals surface area contributed by atoms with Gasteiger partial charge >= 0.3 is 0 Å². The molecule has 1 spiro atoms. The van der Waals surface area contributed by atoms with E-state index in [-0.39, 0.29) is 36.9 Å². The summed E-state index contributed by atoms with van der Waals surface area (Å²) in [5.41, 5.74) is 1.26. The molecule has 3 aliphatic carbocycles. The topological polar surface area (TPSA) is 169 Å². The third-order valence-electron chi connectivity index (χ3n) is 8.09. The average molecular weight is 430 g/mol. The summed E-state index contributed by atoms with van der Waals surface area (Å²) in [5.74, 6) is -0.316. The Bertz CT molecular complexity index is 726. The van der Waals surface area contributed by atoms with Gasteiger partial charge in [-0.2, -0.15) is 0 Å². The van der Waals surface area contributed by atoms with Gasteiger partial charge in [0.1, 0.15) is 24.4 Å². The Morgan fingerprint density at radius 2 is 1.80 bits per heavy atom. The molecule has 0 aromatic heterocycles. The summed E-state index contributed by atoms with van der Waals surface area (Å²) in [6.07, 6.45) is -8.45. The largest absolute Gasteiger partial charge is 0.396 e. The van der Waals surface area contributed by atoms with Gasteiger partial charge in [0.2, 0.25) is 0 Å². The van der Waals surface area contributed by atoms with Gasteiger partial charge in [-0.1, -0.05) is 12.5 Å². The molecule has 170 valence electrons. The van der Waals surface area contributed by atoms with Crippen LogP contribution in [-0.4, -0.2) is 105 Å². The van der Waals surface area contributed by atoms with Crippen molar-refractivity contribution in [1.29, 1.82) is 0 Å². The zero-order valence-corrected chi connectivity index (χ0v) is 16.6. The van der Waals surface area contributed by atoms with E-state index in [4.69, 9.17) is 14.2 Å². The molecule has 5 rings (SSSR count). The molecule has 2 saturated carbocycles. The van der Waals surface area contributed by atoms with Crippen molar-refractivity contribution in [2.45, 2.75) is 62.5 Å². The SMILES string of the molecule is CC(CO)[C@H]1C2=C3C4C[C@@H](COC5OC(CO)C(O)C(O)C5O)[C@]34[C@H](O)C1OC2O. The number of hydrogen-bond acceptors (Lipinski definition) is 10. The quantitative estimate of drug-likeness (QED) is 0.217. The zero-order valence-electron chi connectivity index (χ0n) is 16.6. The molecule has 2 saturated heterocycles. The Kier molecular flexibility index (Phi) is 5.07. The molecule has 2 aliphatic heterocycles. The summed E-state index contributed by atoms with van der Waals surface area (Å²) in [5, 5.41) is 70.4. The fourth-order valence-electron chi connectivity index (χ4n) is 6.49. The van der Waals surface area contributed by atoms with Gasteiger partial charge in [0.25, 0.3) is 0 Å². The van der Waals surface area contributed by atoms with Gasteiger partial charge in [0.05, 0.1) is 25.4 Å². The van der Waals surface area contributed by atoms with Crippen LogP contribution in [0.15, 0.2) is 11.1 Å². The molecule has 10 heteroatoms. The van der Waals surface area contributed by atoms with Gasteiger partial charge in [-0.05, 0) is 29.7 Å². The maximum atomic E-state index is 11.1. The van der Waals surface area contributed by atoms with Crippen molar-refractivity contribution >= 4 is 0 Å². The van der Waals surface area contributed by atoms with Crippen LogP contribution in [0, 0.1) is 29.1 Å². The molecule has 0 amide bonds. The molecule has 0 aromatic carbocycles. The Hall–Kier alpha value is -0.660. The Morgan fingerprint density at radius 3 is 2.47 bits per heavy atom. The first kappa shape index (κ1) is 21.2. The minimum atomic E-state index is -1.51. The van der Waals surface area contributed by atoms with E-state index in [9.17, 15) is 35.7 Å². The van der Waals surface area contributed by atoms with Crippen LogP contribution in [-0.2, 0) is 14.2 Å². The Balaban J connectivity index is 1.32. The second-order valence-electron chi connectivity index (χ2n) is 9.40. The summed E-state index contributed by atoms with van der Waals surface area (Å²) >= 11 is 0. The van der Waals surface area contributed by atoms with Crippen molar-refractivity contribution in [3.63, 3.8) is 0 Å². The van der Waals surface area contributed by atoms with Crippen LogP contribution in [0.4, 0.5) is 0 Å². The second-order valence-corrected chi connectivity index (χ2v) is 9.40. The molecule has 2 bridgehead atoms. The standard InChI is InChI=1S/C20H30O10/c1-6(3-21)10-11-12-8-2-7(20(8,12)17(26)16(10)30-18(11)27)5-28-19-15(25)14(24)13(23)9(4-22)29-19/h6-10,13-19,21-27H,2-5H2,1H3/t6?,7-,8?,9?,10-,13?,14?,15?,16?,17+,18?,19?,20+/m0/s1. The first-order chi connectivity index (χ1) is 14.3. The van der Waals surface area contributed by atoms with E-state index >= 15 is 0 Å². The van der Waals surface area contributed by atoms with Crippen molar-refractivity contribution in [3.8, 4) is 0 Å². The van der Waals surface area contributed by atoms with Crippen molar-refractivity contribution in [2.24, 2.45) is 29.1 Å². The normalized spacial score (nSPS) is 55.0. The van der Waals surface area contributed by atoms with Gasteiger partial charge in [-0.25, -0.2) is 0 Å². The highest BCUT2D eigenvalue weighted by atomic mass is 16.7. The van der Waals surface area contributed by atoms with Crippen molar-refractivity contribution in [2.75, 3.05) is 19.8 Å². The minimum absolute atomic E-state index is 0.0674. The molecular weight excluding hydrogens is 400 g/mol. The highest BCUT2D eigenvalue weighted by Crippen LogP contribution is 2.81. The summed E-state index contributed by atoms with van der Waals surface area (Å²) in [7, 11) is 0. The molecule has 9 unspecified atom stereocenters. The summed E-state index contributed by atoms with van der Waals surface area (Å²) in [6.45, 7) is 1.41. The van der Waals surface area contributed by atoms with Crippen LogP contribution in [0.3, 0.4) is 0 Å². The molecule has 0 aromatic rings. The Morgan fingerprint density at radius 1 is 1.07 bits per heavy atom. The number of rotatable bonds is 6. The fraction of sp³-hybridized carbons (Fsp3) is 0.900. The van der Waals surface area contributed by atoms with E-state index in [1.807, 2.05) is 6.92 Å². The maximum Gasteiger partial charge on any atom is 0.186 e. The molecule has 2 heterocycles. The molecule has 4 fully saturated rings. The van der Waals surface area contributed by atoms with Crippen molar-refractivity contribution < 1.29 is 50.0 Å². The fourth-order valence-corrected chi connectivity index (χ4v) is 6.49. The van der Waals surface area contributed by atoms with E-state index in [1.165, 1.54) is 0 Å². The smallest absolute Gasteiger partial charge is 0.186 e. The number of fused-ring (bicyclic) bond motifs is 3. The van der Waals surface area contributed by atoms with Gasteiger partial charge in [0, 0.05) is 17.9 Å². The second kappa shape index (κ2) is 7.17. The van der Waals surface area contributed by atoms with E-state index in [1.54, 1.807) is 0 Å². The first-order valence-electron chi connectivity index (χ1n) is 10.6. The van der Waals surface area contributed by atoms with Crippen molar-refractivity contribution in [3.05, 3.63) is 11.1 Å². The summed E-state index contributed by atoms with van der Waals surface area (Å²) in [6, 6.07) is 0. The van der Waals surface area contributed by atoms with Crippen LogP contribution in [0.25, 0.3) is 0 Å². The lowest BCUT2D eigenvalue weighted by molar-refractivity contribution is -0.306. The average Bonchev–Trinajstić information content (AvgIpc) is 3.13. The van der Waals surface area contributed by atoms with Crippen LogP contribution in [0.5, 0.6) is 0 Å². The zero-order chi connectivity index (χ0) is 21.5. The van der Waals surface area contributed by atoms with Crippen molar-refractivity contribution in [1.82, 2.24) is 0 Å². The van der Waals surface area contributed by atoms with Gasteiger partial charge in [-0.15, -0.1) is 0 Å². The number of aliphatic hydroxyl groups excluding tert-OH is 7. The predicted octanol–water partition coefficient (Wildman–Crippen LogP) is -2.93. The summed E-state index contributed by atoms with van der Waals surface area (Å²) < 4.78 is 16.8. The Labute approximate surface area is 173 Å². The van der Waals surface area contributed by atoms with Crippen LogP contribution < -0.4 is 0 Å². The van der Waals surface area contributed by atoms with Gasteiger partial charge in [0.15, 0.2) is 12.6 Å². The monoisotopic (exact) mass is 430 g/mol. The minimum Gasteiger partial charge on any atom is -0.396 e. The highest BCUT2D eigenvalue weighted by molar-refractivity contribution is 5.56. The molecule has 13 atom stereocenters. The van der Waals surface area contributed by atoms with E-state index in [2.05, 4.69) is 0 Å². The lowest BCUT2D eigenvalue weighted by atomic mass is 9.64. The summed E-state index contributed by atoms with van der Waals surface area (Å²) in [4.78, 5) is 0. The number of hydrogen-bond donors (Lipinski definition) is 7. The van der Waals surface area contributed by atoms with Gasteiger partial charge in [-0.3, -0.25) is 0 Å². The number of ether oxygens (including phenoxy) is 3. The third kappa shape index (κ3) is 2.54. The molecule has 5 aliphatic rings. The van der Waals surface area contributed by atoms with E-state index in [0.717, 1.165) is 17.6 Å².